The predicted octanol–water partition coefficient (Wildman–Crippen LogP) is 3.61. The quantitative estimate of drug-likeness (QED) is 0.673. The zero-order valence-electron chi connectivity index (χ0n) is 14.1. The molecule has 1 aromatic heterocycles. The summed E-state index contributed by atoms with van der Waals surface area (Å²) in [6.07, 6.45) is 2.03. The highest BCUT2D eigenvalue weighted by Gasteiger charge is 2.31. The van der Waals surface area contributed by atoms with Gasteiger partial charge in [-0.15, -0.1) is 0 Å². The Labute approximate surface area is 146 Å². The third kappa shape index (κ3) is 2.54. The minimum atomic E-state index is -0.170. The molecule has 0 aliphatic heterocycles. The van der Waals surface area contributed by atoms with Crippen LogP contribution in [0.4, 0.5) is 0 Å². The van der Waals surface area contributed by atoms with E-state index in [0.29, 0.717) is 24.8 Å². The van der Waals surface area contributed by atoms with Gasteiger partial charge in [0, 0.05) is 16.6 Å². The fourth-order valence-corrected chi connectivity index (χ4v) is 3.82. The van der Waals surface area contributed by atoms with Crippen molar-refractivity contribution < 1.29 is 14.3 Å². The number of para-hydroxylation sites is 1. The number of methoxy groups -OCH3 is 1. The van der Waals surface area contributed by atoms with E-state index in [9.17, 15) is 9.59 Å². The van der Waals surface area contributed by atoms with Gasteiger partial charge in [0.05, 0.1) is 18.5 Å². The SMILES string of the molecule is COC(=O)C1CCc2c(c3ccccc3n2C(=O)c2ccccc2)C1. The number of nitrogens with zero attached hydrogens (tertiary/aromatic N) is 1. The summed E-state index contributed by atoms with van der Waals surface area (Å²) in [4.78, 5) is 25.1. The van der Waals surface area contributed by atoms with Gasteiger partial charge in [-0.3, -0.25) is 14.2 Å². The maximum atomic E-state index is 13.1. The van der Waals surface area contributed by atoms with Gasteiger partial charge in [-0.1, -0.05) is 36.4 Å². The second kappa shape index (κ2) is 6.20. The lowest BCUT2D eigenvalue weighted by Gasteiger charge is -2.21. The average Bonchev–Trinajstić information content (AvgIpc) is 3.01. The molecule has 0 N–H and O–H groups in total. The Balaban J connectivity index is 1.87. The molecule has 0 saturated heterocycles. The Bertz CT molecular complexity index is 956. The first kappa shape index (κ1) is 15.6. The first-order chi connectivity index (χ1) is 12.2. The number of benzene rings is 2. The second-order valence-electron chi connectivity index (χ2n) is 6.41. The number of ether oxygens (including phenoxy) is 1. The Kier molecular flexibility index (Phi) is 3.88. The molecule has 1 aliphatic carbocycles. The molecule has 4 rings (SSSR count). The highest BCUT2D eigenvalue weighted by atomic mass is 16.5. The van der Waals surface area contributed by atoms with E-state index in [1.54, 1.807) is 0 Å². The van der Waals surface area contributed by atoms with Gasteiger partial charge in [0.1, 0.15) is 0 Å². The molecule has 1 aliphatic rings. The van der Waals surface area contributed by atoms with Crippen molar-refractivity contribution in [2.75, 3.05) is 7.11 Å². The molecular formula is C21H19NO3. The van der Waals surface area contributed by atoms with E-state index in [4.69, 9.17) is 4.74 Å². The van der Waals surface area contributed by atoms with Crippen LogP contribution in [0.5, 0.6) is 0 Å². The van der Waals surface area contributed by atoms with Crippen LogP contribution in [0.3, 0.4) is 0 Å². The van der Waals surface area contributed by atoms with E-state index in [-0.39, 0.29) is 17.8 Å². The standard InChI is InChI=1S/C21H19NO3/c1-25-21(24)15-11-12-19-17(13-15)16-9-5-6-10-18(16)22(19)20(23)14-7-3-2-4-8-14/h2-10,15H,11-13H2,1H3. The van der Waals surface area contributed by atoms with E-state index in [2.05, 4.69) is 0 Å². The topological polar surface area (TPSA) is 48.3 Å². The summed E-state index contributed by atoms with van der Waals surface area (Å²) in [5.41, 5.74) is 3.70. The number of rotatable bonds is 2. The second-order valence-corrected chi connectivity index (χ2v) is 6.41. The van der Waals surface area contributed by atoms with Crippen molar-refractivity contribution in [2.45, 2.75) is 19.3 Å². The van der Waals surface area contributed by atoms with Gasteiger partial charge < -0.3 is 4.74 Å². The predicted molar refractivity (Wildman–Crippen MR) is 95.6 cm³/mol. The fourth-order valence-electron chi connectivity index (χ4n) is 3.82. The third-order valence-electron chi connectivity index (χ3n) is 5.03. The lowest BCUT2D eigenvalue weighted by atomic mass is 9.86. The highest BCUT2D eigenvalue weighted by molar-refractivity contribution is 6.04. The molecule has 0 radical (unpaired) electrons. The van der Waals surface area contributed by atoms with Crippen molar-refractivity contribution in [3.05, 3.63) is 71.4 Å². The van der Waals surface area contributed by atoms with Crippen molar-refractivity contribution in [1.29, 1.82) is 0 Å². The Morgan fingerprint density at radius 3 is 2.52 bits per heavy atom. The Hall–Kier alpha value is -2.88. The van der Waals surface area contributed by atoms with E-state index < -0.39 is 0 Å². The van der Waals surface area contributed by atoms with Gasteiger partial charge in [-0.25, -0.2) is 0 Å². The summed E-state index contributed by atoms with van der Waals surface area (Å²) in [6.45, 7) is 0. The summed E-state index contributed by atoms with van der Waals surface area (Å²) in [5.74, 6) is -0.324. The molecule has 126 valence electrons. The van der Waals surface area contributed by atoms with Crippen LogP contribution >= 0.6 is 0 Å². The molecule has 2 aromatic carbocycles. The van der Waals surface area contributed by atoms with Crippen LogP contribution in [0.2, 0.25) is 0 Å². The van der Waals surface area contributed by atoms with E-state index in [1.807, 2.05) is 59.2 Å². The third-order valence-corrected chi connectivity index (χ3v) is 5.03. The van der Waals surface area contributed by atoms with Crippen LogP contribution < -0.4 is 0 Å². The Morgan fingerprint density at radius 2 is 1.76 bits per heavy atom. The molecular weight excluding hydrogens is 314 g/mol. The number of carbonyl (C=O) groups is 2. The summed E-state index contributed by atoms with van der Waals surface area (Å²) in [7, 11) is 1.43. The lowest BCUT2D eigenvalue weighted by Crippen LogP contribution is -2.25. The van der Waals surface area contributed by atoms with Crippen molar-refractivity contribution in [3.63, 3.8) is 0 Å². The van der Waals surface area contributed by atoms with Crippen molar-refractivity contribution >= 4 is 22.8 Å². The largest absolute Gasteiger partial charge is 0.469 e. The van der Waals surface area contributed by atoms with Crippen molar-refractivity contribution in [3.8, 4) is 0 Å². The first-order valence-electron chi connectivity index (χ1n) is 8.49. The van der Waals surface area contributed by atoms with Crippen molar-refractivity contribution in [1.82, 2.24) is 4.57 Å². The first-order valence-corrected chi connectivity index (χ1v) is 8.49. The lowest BCUT2D eigenvalue weighted by molar-refractivity contribution is -0.145. The maximum Gasteiger partial charge on any atom is 0.309 e. The van der Waals surface area contributed by atoms with Gasteiger partial charge >= 0.3 is 5.97 Å². The summed E-state index contributed by atoms with van der Waals surface area (Å²) in [5, 5.41) is 1.05. The molecule has 25 heavy (non-hydrogen) atoms. The van der Waals surface area contributed by atoms with Crippen molar-refractivity contribution in [2.24, 2.45) is 5.92 Å². The number of fused-ring (bicyclic) bond motifs is 3. The van der Waals surface area contributed by atoms with Gasteiger partial charge in [-0.05, 0) is 43.0 Å². The molecule has 0 saturated carbocycles. The monoisotopic (exact) mass is 333 g/mol. The van der Waals surface area contributed by atoms with Gasteiger partial charge in [0.25, 0.3) is 5.91 Å². The molecule has 0 fully saturated rings. The van der Waals surface area contributed by atoms with Crippen LogP contribution in [-0.4, -0.2) is 23.6 Å². The number of aromatic nitrogens is 1. The smallest absolute Gasteiger partial charge is 0.309 e. The molecule has 0 bridgehead atoms. The van der Waals surface area contributed by atoms with E-state index in [0.717, 1.165) is 22.2 Å². The fraction of sp³-hybridized carbons (Fsp3) is 0.238. The summed E-state index contributed by atoms with van der Waals surface area (Å²) in [6, 6.07) is 17.2. The van der Waals surface area contributed by atoms with Gasteiger partial charge in [-0.2, -0.15) is 0 Å². The molecule has 4 nitrogen and oxygen atoms in total. The summed E-state index contributed by atoms with van der Waals surface area (Å²) >= 11 is 0. The number of hydrogen-bond donors (Lipinski definition) is 0. The number of hydrogen-bond acceptors (Lipinski definition) is 3. The molecule has 1 heterocycles. The molecule has 4 heteroatoms. The molecule has 1 atom stereocenters. The average molecular weight is 333 g/mol. The van der Waals surface area contributed by atoms with Crippen LogP contribution in [0, 0.1) is 5.92 Å². The summed E-state index contributed by atoms with van der Waals surface area (Å²) < 4.78 is 6.75. The van der Waals surface area contributed by atoms with Crippen LogP contribution in [0.15, 0.2) is 54.6 Å². The van der Waals surface area contributed by atoms with Gasteiger partial charge in [0.2, 0.25) is 0 Å². The zero-order chi connectivity index (χ0) is 17.4. The number of carbonyl (C=O) groups excluding carboxylic acids is 2. The maximum absolute atomic E-state index is 13.1. The van der Waals surface area contributed by atoms with Crippen LogP contribution in [-0.2, 0) is 22.4 Å². The molecule has 3 aromatic rings. The zero-order valence-corrected chi connectivity index (χ0v) is 14.1. The molecule has 0 spiro atoms. The van der Waals surface area contributed by atoms with Gasteiger partial charge in [0.15, 0.2) is 0 Å². The minimum Gasteiger partial charge on any atom is -0.469 e. The highest BCUT2D eigenvalue weighted by Crippen LogP contribution is 2.35. The number of esters is 1. The normalized spacial score (nSPS) is 16.4. The van der Waals surface area contributed by atoms with Crippen LogP contribution in [0.1, 0.15) is 28.0 Å². The van der Waals surface area contributed by atoms with E-state index >= 15 is 0 Å². The Morgan fingerprint density at radius 1 is 1.04 bits per heavy atom. The molecule has 1 unspecified atom stereocenters. The van der Waals surface area contributed by atoms with E-state index in [1.165, 1.54) is 7.11 Å². The minimum absolute atomic E-state index is 0.0189. The molecule has 0 amide bonds. The van der Waals surface area contributed by atoms with Crippen LogP contribution in [0.25, 0.3) is 10.9 Å².